The second-order valence-corrected chi connectivity index (χ2v) is 4.25. The van der Waals surface area contributed by atoms with E-state index in [1.54, 1.807) is 0 Å². The van der Waals surface area contributed by atoms with Gasteiger partial charge < -0.3 is 10.4 Å². The van der Waals surface area contributed by atoms with Crippen LogP contribution in [-0.4, -0.2) is 22.5 Å². The fraction of sp³-hybridized carbons (Fsp3) is 0.100. The number of nitrogens with one attached hydrogen (secondary N) is 1. The summed E-state index contributed by atoms with van der Waals surface area (Å²) in [6.45, 7) is 3.69. The van der Waals surface area contributed by atoms with Crippen molar-refractivity contribution >= 4 is 27.5 Å². The van der Waals surface area contributed by atoms with Crippen LogP contribution < -0.4 is 5.32 Å². The first kappa shape index (κ1) is 13.2. The maximum Gasteiger partial charge on any atom is 0.311 e. The molecule has 0 aliphatic carbocycles. The monoisotopic (exact) mass is 300 g/mol. The van der Waals surface area contributed by atoms with Crippen LogP contribution in [0.25, 0.3) is 0 Å². The van der Waals surface area contributed by atoms with Gasteiger partial charge in [0, 0.05) is 17.1 Å². The molecule has 0 radical (unpaired) electrons. The fourth-order valence-corrected chi connectivity index (χ4v) is 1.27. The van der Waals surface area contributed by atoms with Crippen LogP contribution in [0.1, 0.15) is 10.4 Å². The average Bonchev–Trinajstić information content (AvgIpc) is 2.25. The summed E-state index contributed by atoms with van der Waals surface area (Å²) >= 11 is 3.05. The predicted octanol–water partition coefficient (Wildman–Crippen LogP) is 1.94. The van der Waals surface area contributed by atoms with Crippen molar-refractivity contribution in [2.24, 2.45) is 0 Å². The first-order valence-electron chi connectivity index (χ1n) is 4.51. The van der Waals surface area contributed by atoms with Crippen LogP contribution >= 0.6 is 15.9 Å². The quantitative estimate of drug-likeness (QED) is 0.656. The molecule has 1 aromatic carbocycles. The van der Waals surface area contributed by atoms with Crippen LogP contribution in [-0.2, 0) is 0 Å². The minimum atomic E-state index is -0.754. The van der Waals surface area contributed by atoms with Gasteiger partial charge in [0.2, 0.25) is 5.75 Å². The number of phenolic OH excluding ortho intramolecular Hbond substituents is 1. The Morgan fingerprint density at radius 3 is 2.76 bits per heavy atom. The van der Waals surface area contributed by atoms with Crippen LogP contribution in [0.4, 0.5) is 5.69 Å². The number of phenols is 1. The number of halogens is 1. The number of rotatable bonds is 4. The molecule has 0 aliphatic heterocycles. The molecule has 90 valence electrons. The van der Waals surface area contributed by atoms with E-state index in [9.17, 15) is 20.0 Å². The highest BCUT2D eigenvalue weighted by atomic mass is 79.9. The molecule has 2 N–H and O–H groups in total. The van der Waals surface area contributed by atoms with E-state index < -0.39 is 22.3 Å². The molecule has 0 aliphatic rings. The number of aromatic hydroxyl groups is 1. The molecule has 17 heavy (non-hydrogen) atoms. The Kier molecular flexibility index (Phi) is 4.22. The Balaban J connectivity index is 2.98. The summed E-state index contributed by atoms with van der Waals surface area (Å²) in [4.78, 5) is 21.4. The third-order valence-electron chi connectivity index (χ3n) is 1.90. The lowest BCUT2D eigenvalue weighted by atomic mass is 10.1. The maximum atomic E-state index is 11.6. The lowest BCUT2D eigenvalue weighted by molar-refractivity contribution is -0.385. The maximum absolute atomic E-state index is 11.6. The number of carbonyl (C=O) groups is 1. The van der Waals surface area contributed by atoms with Gasteiger partial charge in [0.1, 0.15) is 0 Å². The third-order valence-corrected chi connectivity index (χ3v) is 2.18. The second-order valence-electron chi connectivity index (χ2n) is 3.13. The zero-order chi connectivity index (χ0) is 13.0. The van der Waals surface area contributed by atoms with E-state index in [0.29, 0.717) is 4.48 Å². The molecule has 0 saturated heterocycles. The largest absolute Gasteiger partial charge is 0.502 e. The number of amides is 1. The molecule has 1 aromatic rings. The van der Waals surface area contributed by atoms with Crippen molar-refractivity contribution < 1.29 is 14.8 Å². The van der Waals surface area contributed by atoms with Gasteiger partial charge in [-0.15, -0.1) is 0 Å². The standard InChI is InChI=1S/C10H9BrN2O4/c1-6(11)5-12-10(15)7-3-2-4-8(9(7)14)13(16)17/h2-4,14H,1,5H2,(H,12,15). The Labute approximate surface area is 105 Å². The van der Waals surface area contributed by atoms with Crippen molar-refractivity contribution in [3.63, 3.8) is 0 Å². The molecular formula is C10H9BrN2O4. The molecular weight excluding hydrogens is 292 g/mol. The summed E-state index contributed by atoms with van der Waals surface area (Å²) in [5.74, 6) is -1.25. The number of nitro groups is 1. The van der Waals surface area contributed by atoms with Crippen molar-refractivity contribution in [1.82, 2.24) is 5.32 Å². The van der Waals surface area contributed by atoms with Crippen molar-refractivity contribution in [1.29, 1.82) is 0 Å². The van der Waals surface area contributed by atoms with Gasteiger partial charge in [0.25, 0.3) is 5.91 Å². The van der Waals surface area contributed by atoms with Gasteiger partial charge in [-0.1, -0.05) is 28.6 Å². The topological polar surface area (TPSA) is 92.5 Å². The highest BCUT2D eigenvalue weighted by molar-refractivity contribution is 9.11. The molecule has 0 aromatic heterocycles. The van der Waals surface area contributed by atoms with E-state index in [1.165, 1.54) is 12.1 Å². The molecule has 0 bridgehead atoms. The summed E-state index contributed by atoms with van der Waals surface area (Å²) < 4.78 is 0.552. The van der Waals surface area contributed by atoms with E-state index >= 15 is 0 Å². The normalized spacial score (nSPS) is 9.71. The second kappa shape index (κ2) is 5.44. The number of nitrogens with zero attached hydrogens (tertiary/aromatic N) is 1. The van der Waals surface area contributed by atoms with Gasteiger partial charge in [-0.05, 0) is 6.07 Å². The van der Waals surface area contributed by atoms with Gasteiger partial charge in [-0.2, -0.15) is 0 Å². The zero-order valence-corrected chi connectivity index (χ0v) is 10.2. The molecule has 0 unspecified atom stereocenters. The third kappa shape index (κ3) is 3.28. The molecule has 0 atom stereocenters. The van der Waals surface area contributed by atoms with Gasteiger partial charge in [-0.25, -0.2) is 0 Å². The number of benzene rings is 1. The van der Waals surface area contributed by atoms with Crippen molar-refractivity contribution in [2.45, 2.75) is 0 Å². The van der Waals surface area contributed by atoms with Gasteiger partial charge in [-0.3, -0.25) is 14.9 Å². The number of carbonyl (C=O) groups excluding carboxylic acids is 1. The Morgan fingerprint density at radius 2 is 2.24 bits per heavy atom. The molecule has 1 amide bonds. The van der Waals surface area contributed by atoms with E-state index in [1.807, 2.05) is 0 Å². The minimum absolute atomic E-state index is 0.145. The number of hydrogen-bond acceptors (Lipinski definition) is 4. The average molecular weight is 301 g/mol. The number of nitro benzene ring substituents is 1. The van der Waals surface area contributed by atoms with Crippen molar-refractivity contribution in [3.05, 3.63) is 44.9 Å². The van der Waals surface area contributed by atoms with Crippen LogP contribution in [0, 0.1) is 10.1 Å². The predicted molar refractivity (Wildman–Crippen MR) is 65.2 cm³/mol. The molecule has 6 nitrogen and oxygen atoms in total. The summed E-state index contributed by atoms with van der Waals surface area (Å²) in [6.07, 6.45) is 0. The summed E-state index contributed by atoms with van der Waals surface area (Å²) in [5.41, 5.74) is -0.650. The SMILES string of the molecule is C=C(Br)CNC(=O)c1cccc([N+](=O)[O-])c1O. The first-order chi connectivity index (χ1) is 7.93. The summed E-state index contributed by atoms with van der Waals surface area (Å²) in [7, 11) is 0. The smallest absolute Gasteiger partial charge is 0.311 e. The van der Waals surface area contributed by atoms with Gasteiger partial charge in [0.15, 0.2) is 0 Å². The number of para-hydroxylation sites is 1. The Hall–Kier alpha value is -1.89. The van der Waals surface area contributed by atoms with E-state index in [0.717, 1.165) is 6.07 Å². The molecule has 7 heteroatoms. The highest BCUT2D eigenvalue weighted by Gasteiger charge is 2.20. The van der Waals surface area contributed by atoms with Gasteiger partial charge in [0.05, 0.1) is 10.5 Å². The van der Waals surface area contributed by atoms with Crippen LogP contribution in [0.5, 0.6) is 5.75 Å². The summed E-state index contributed by atoms with van der Waals surface area (Å²) in [5, 5.41) is 22.6. The number of hydrogen-bond donors (Lipinski definition) is 2. The van der Waals surface area contributed by atoms with E-state index in [4.69, 9.17) is 0 Å². The Morgan fingerprint density at radius 1 is 1.59 bits per heavy atom. The van der Waals surface area contributed by atoms with Crippen LogP contribution in [0.15, 0.2) is 29.3 Å². The fourth-order valence-electron chi connectivity index (χ4n) is 1.13. The first-order valence-corrected chi connectivity index (χ1v) is 5.30. The molecule has 0 heterocycles. The molecule has 0 saturated carbocycles. The van der Waals surface area contributed by atoms with E-state index in [-0.39, 0.29) is 12.1 Å². The lowest BCUT2D eigenvalue weighted by Crippen LogP contribution is -2.24. The van der Waals surface area contributed by atoms with Crippen molar-refractivity contribution in [2.75, 3.05) is 6.54 Å². The minimum Gasteiger partial charge on any atom is -0.502 e. The molecule has 0 spiro atoms. The van der Waals surface area contributed by atoms with Crippen LogP contribution in [0.2, 0.25) is 0 Å². The summed E-state index contributed by atoms with van der Waals surface area (Å²) in [6, 6.07) is 3.75. The van der Waals surface area contributed by atoms with Crippen LogP contribution in [0.3, 0.4) is 0 Å². The van der Waals surface area contributed by atoms with E-state index in [2.05, 4.69) is 27.8 Å². The van der Waals surface area contributed by atoms with Crippen molar-refractivity contribution in [3.8, 4) is 5.75 Å². The highest BCUT2D eigenvalue weighted by Crippen LogP contribution is 2.29. The Bertz CT molecular complexity index is 487. The molecule has 1 rings (SSSR count). The van der Waals surface area contributed by atoms with Gasteiger partial charge >= 0.3 is 5.69 Å². The molecule has 0 fully saturated rings. The lowest BCUT2D eigenvalue weighted by Gasteiger charge is -2.05. The zero-order valence-electron chi connectivity index (χ0n) is 8.64.